The van der Waals surface area contributed by atoms with Gasteiger partial charge in [-0.25, -0.2) is 14.8 Å². The molecule has 0 aliphatic rings. The number of carbonyl (C=O) groups excluding carboxylic acids is 1. The van der Waals surface area contributed by atoms with Gasteiger partial charge < -0.3 is 10.1 Å². The van der Waals surface area contributed by atoms with Crippen LogP contribution in [0.4, 0.5) is 24.8 Å². The molecular weight excluding hydrogens is 385 g/mol. The van der Waals surface area contributed by atoms with Crippen LogP contribution in [0.1, 0.15) is 21.6 Å². The third-order valence-corrected chi connectivity index (χ3v) is 4.39. The number of imidazole rings is 1. The number of ether oxygens (including phenoxy) is 1. The summed E-state index contributed by atoms with van der Waals surface area (Å²) < 4.78 is 45.5. The van der Waals surface area contributed by atoms with Gasteiger partial charge in [0.25, 0.3) is 0 Å². The number of alkyl halides is 3. The Labute approximate surface area is 163 Å². The SMILES string of the molecule is COC(=O)c1ccc2c(c1)nc(Nc1cccc(C(F)(F)F)c1)n1cc(C)nc21. The number of carbonyl (C=O) groups is 1. The summed E-state index contributed by atoms with van der Waals surface area (Å²) in [6.07, 6.45) is -2.73. The molecular formula is C20H15F3N4O2. The first-order valence-corrected chi connectivity index (χ1v) is 8.58. The van der Waals surface area contributed by atoms with E-state index in [2.05, 4.69) is 15.3 Å². The molecule has 0 aliphatic heterocycles. The van der Waals surface area contributed by atoms with Crippen LogP contribution in [0.2, 0.25) is 0 Å². The number of methoxy groups -OCH3 is 1. The van der Waals surface area contributed by atoms with Crippen molar-refractivity contribution < 1.29 is 22.7 Å². The minimum absolute atomic E-state index is 0.225. The van der Waals surface area contributed by atoms with Gasteiger partial charge in [-0.1, -0.05) is 6.07 Å². The van der Waals surface area contributed by atoms with Crippen molar-refractivity contribution in [1.29, 1.82) is 0 Å². The molecule has 2 aromatic carbocycles. The third-order valence-electron chi connectivity index (χ3n) is 4.39. The number of nitrogens with one attached hydrogen (secondary N) is 1. The van der Waals surface area contributed by atoms with E-state index in [1.54, 1.807) is 35.7 Å². The van der Waals surface area contributed by atoms with Crippen LogP contribution < -0.4 is 5.32 Å². The van der Waals surface area contributed by atoms with Gasteiger partial charge in [0, 0.05) is 17.3 Å². The summed E-state index contributed by atoms with van der Waals surface area (Å²) >= 11 is 0. The molecule has 6 nitrogen and oxygen atoms in total. The van der Waals surface area contributed by atoms with Gasteiger partial charge in [0.1, 0.15) is 5.65 Å². The fourth-order valence-corrected chi connectivity index (χ4v) is 3.07. The van der Waals surface area contributed by atoms with E-state index in [1.165, 1.54) is 19.2 Å². The number of benzene rings is 2. The summed E-state index contributed by atoms with van der Waals surface area (Å²) in [5.41, 5.74) is 1.50. The number of rotatable bonds is 3. The van der Waals surface area contributed by atoms with Crippen LogP contribution in [-0.4, -0.2) is 27.4 Å². The summed E-state index contributed by atoms with van der Waals surface area (Å²) in [6.45, 7) is 1.80. The number of nitrogens with zero attached hydrogens (tertiary/aromatic N) is 3. The first-order chi connectivity index (χ1) is 13.8. The van der Waals surface area contributed by atoms with Crippen LogP contribution in [0, 0.1) is 6.92 Å². The molecule has 2 heterocycles. The molecule has 0 spiro atoms. The van der Waals surface area contributed by atoms with E-state index >= 15 is 0 Å². The van der Waals surface area contributed by atoms with Crippen molar-refractivity contribution in [3.63, 3.8) is 0 Å². The Morgan fingerprint density at radius 2 is 1.93 bits per heavy atom. The Hall–Kier alpha value is -3.62. The fraction of sp³-hybridized carbons (Fsp3) is 0.150. The molecule has 0 saturated carbocycles. The van der Waals surface area contributed by atoms with Gasteiger partial charge in [0.2, 0.25) is 5.95 Å². The summed E-state index contributed by atoms with van der Waals surface area (Å²) in [5.74, 6) is -0.241. The molecule has 148 valence electrons. The number of fused-ring (bicyclic) bond motifs is 3. The molecule has 4 rings (SSSR count). The van der Waals surface area contributed by atoms with E-state index in [4.69, 9.17) is 4.74 Å². The van der Waals surface area contributed by atoms with Crippen molar-refractivity contribution >= 4 is 34.2 Å². The first kappa shape index (κ1) is 18.7. The predicted octanol–water partition coefficient (Wildman–Crippen LogP) is 4.74. The monoisotopic (exact) mass is 400 g/mol. The molecule has 0 atom stereocenters. The zero-order chi connectivity index (χ0) is 20.8. The number of aryl methyl sites for hydroxylation is 1. The fourth-order valence-electron chi connectivity index (χ4n) is 3.07. The van der Waals surface area contributed by atoms with E-state index in [0.29, 0.717) is 27.8 Å². The highest BCUT2D eigenvalue weighted by Crippen LogP contribution is 2.32. The standard InChI is InChI=1S/C20H15F3N4O2/c1-11-10-27-17(24-11)15-7-6-12(18(28)29-2)8-16(15)26-19(27)25-14-5-3-4-13(9-14)20(21,22)23/h3-10H,1-2H3,(H,25,26). The molecule has 29 heavy (non-hydrogen) atoms. The highest BCUT2D eigenvalue weighted by atomic mass is 19.4. The molecule has 0 aliphatic carbocycles. The van der Waals surface area contributed by atoms with Crippen molar-refractivity contribution in [2.24, 2.45) is 0 Å². The maximum Gasteiger partial charge on any atom is 0.416 e. The van der Waals surface area contributed by atoms with Crippen LogP contribution in [-0.2, 0) is 10.9 Å². The van der Waals surface area contributed by atoms with Crippen molar-refractivity contribution in [2.45, 2.75) is 13.1 Å². The van der Waals surface area contributed by atoms with Crippen LogP contribution in [0.15, 0.2) is 48.7 Å². The summed E-state index contributed by atoms with van der Waals surface area (Å²) in [5, 5.41) is 3.62. The molecule has 0 unspecified atom stereocenters. The van der Waals surface area contributed by atoms with Gasteiger partial charge in [-0.2, -0.15) is 13.2 Å². The number of hydrogen-bond acceptors (Lipinski definition) is 5. The second-order valence-corrected chi connectivity index (χ2v) is 6.44. The Kier molecular flexibility index (Phi) is 4.37. The highest BCUT2D eigenvalue weighted by Gasteiger charge is 2.30. The maximum atomic E-state index is 13.0. The van der Waals surface area contributed by atoms with Crippen LogP contribution >= 0.6 is 0 Å². The predicted molar refractivity (Wildman–Crippen MR) is 101 cm³/mol. The average molecular weight is 400 g/mol. The Bertz CT molecular complexity index is 1250. The van der Waals surface area contributed by atoms with Gasteiger partial charge in [0.05, 0.1) is 29.4 Å². The van der Waals surface area contributed by atoms with Gasteiger partial charge in [-0.15, -0.1) is 0 Å². The number of hydrogen-bond donors (Lipinski definition) is 1. The number of esters is 1. The van der Waals surface area contributed by atoms with E-state index < -0.39 is 17.7 Å². The summed E-state index contributed by atoms with van der Waals surface area (Å²) in [4.78, 5) is 20.8. The van der Waals surface area contributed by atoms with Crippen molar-refractivity contribution in [2.75, 3.05) is 12.4 Å². The van der Waals surface area contributed by atoms with E-state index in [9.17, 15) is 18.0 Å². The second kappa shape index (κ2) is 6.77. The molecule has 1 N–H and O–H groups in total. The lowest BCUT2D eigenvalue weighted by atomic mass is 10.1. The topological polar surface area (TPSA) is 68.5 Å². The lowest BCUT2D eigenvalue weighted by Gasteiger charge is -2.12. The Morgan fingerprint density at radius 3 is 2.66 bits per heavy atom. The summed E-state index contributed by atoms with van der Waals surface area (Å²) in [6, 6.07) is 9.72. The highest BCUT2D eigenvalue weighted by molar-refractivity contribution is 5.99. The third kappa shape index (κ3) is 3.46. The van der Waals surface area contributed by atoms with Gasteiger partial charge in [0.15, 0.2) is 0 Å². The van der Waals surface area contributed by atoms with Crippen molar-refractivity contribution in [3.8, 4) is 0 Å². The first-order valence-electron chi connectivity index (χ1n) is 8.58. The van der Waals surface area contributed by atoms with Crippen molar-refractivity contribution in [1.82, 2.24) is 14.4 Å². The molecule has 0 saturated heterocycles. The van der Waals surface area contributed by atoms with E-state index in [-0.39, 0.29) is 11.6 Å². The Balaban J connectivity index is 1.87. The van der Waals surface area contributed by atoms with Gasteiger partial charge in [-0.3, -0.25) is 4.40 Å². The second-order valence-electron chi connectivity index (χ2n) is 6.44. The smallest absolute Gasteiger partial charge is 0.416 e. The Morgan fingerprint density at radius 1 is 1.14 bits per heavy atom. The number of halogens is 3. The van der Waals surface area contributed by atoms with Gasteiger partial charge in [-0.05, 0) is 43.3 Å². The molecule has 0 bridgehead atoms. The minimum atomic E-state index is -4.45. The maximum absolute atomic E-state index is 13.0. The molecule has 0 fully saturated rings. The lowest BCUT2D eigenvalue weighted by molar-refractivity contribution is -0.137. The molecule has 9 heteroatoms. The number of anilines is 2. The summed E-state index contributed by atoms with van der Waals surface area (Å²) in [7, 11) is 1.28. The van der Waals surface area contributed by atoms with E-state index in [1.807, 2.05) is 0 Å². The number of aromatic nitrogens is 3. The molecule has 4 aromatic rings. The minimum Gasteiger partial charge on any atom is -0.465 e. The molecule has 0 amide bonds. The quantitative estimate of drug-likeness (QED) is 0.503. The van der Waals surface area contributed by atoms with Crippen LogP contribution in [0.5, 0.6) is 0 Å². The van der Waals surface area contributed by atoms with Gasteiger partial charge >= 0.3 is 12.1 Å². The molecule has 2 aromatic heterocycles. The normalized spacial score (nSPS) is 11.8. The van der Waals surface area contributed by atoms with Crippen LogP contribution in [0.25, 0.3) is 16.6 Å². The van der Waals surface area contributed by atoms with Crippen molar-refractivity contribution in [3.05, 3.63) is 65.5 Å². The zero-order valence-electron chi connectivity index (χ0n) is 15.4. The lowest BCUT2D eigenvalue weighted by Crippen LogP contribution is -2.07. The van der Waals surface area contributed by atoms with Crippen LogP contribution in [0.3, 0.4) is 0 Å². The molecule has 0 radical (unpaired) electrons. The van der Waals surface area contributed by atoms with E-state index in [0.717, 1.165) is 12.1 Å². The largest absolute Gasteiger partial charge is 0.465 e. The zero-order valence-corrected chi connectivity index (χ0v) is 15.4. The average Bonchev–Trinajstić information content (AvgIpc) is 3.08.